The van der Waals surface area contributed by atoms with Crippen LogP contribution in [0.1, 0.15) is 22.3 Å². The van der Waals surface area contributed by atoms with E-state index in [0.717, 1.165) is 22.2 Å². The first-order chi connectivity index (χ1) is 11.8. The standard InChI is InChI=1S/C19H16FNO3S/c1-11-7-14(8-12(2)17(11)22)9-16-18(23)21(19(24)25-16)10-13-3-5-15(20)6-4-13/h3-9,22H,10H2,1-2H3. The maximum absolute atomic E-state index is 13.0. The summed E-state index contributed by atoms with van der Waals surface area (Å²) in [6.45, 7) is 3.66. The van der Waals surface area contributed by atoms with E-state index in [0.29, 0.717) is 21.6 Å². The second-order valence-corrected chi connectivity index (χ2v) is 6.89. The maximum atomic E-state index is 13.0. The van der Waals surface area contributed by atoms with Gasteiger partial charge >= 0.3 is 0 Å². The highest BCUT2D eigenvalue weighted by Gasteiger charge is 2.35. The summed E-state index contributed by atoms with van der Waals surface area (Å²) in [4.78, 5) is 26.2. The number of halogens is 1. The molecule has 1 heterocycles. The SMILES string of the molecule is Cc1cc(C=C2SC(=O)N(Cc3ccc(F)cc3)C2=O)cc(C)c1O. The van der Waals surface area contributed by atoms with Crippen LogP contribution in [0, 0.1) is 19.7 Å². The average Bonchev–Trinajstić information content (AvgIpc) is 2.82. The van der Waals surface area contributed by atoms with E-state index in [1.165, 1.54) is 12.1 Å². The van der Waals surface area contributed by atoms with Crippen molar-refractivity contribution in [3.05, 3.63) is 69.4 Å². The van der Waals surface area contributed by atoms with Crippen LogP contribution in [0.15, 0.2) is 41.3 Å². The van der Waals surface area contributed by atoms with Gasteiger partial charge in [0.1, 0.15) is 11.6 Å². The molecule has 3 rings (SSSR count). The summed E-state index contributed by atoms with van der Waals surface area (Å²) >= 11 is 0.877. The molecule has 25 heavy (non-hydrogen) atoms. The Balaban J connectivity index is 1.84. The summed E-state index contributed by atoms with van der Waals surface area (Å²) in [5, 5.41) is 9.48. The largest absolute Gasteiger partial charge is 0.507 e. The fraction of sp³-hybridized carbons (Fsp3) is 0.158. The molecule has 1 saturated heterocycles. The second kappa shape index (κ2) is 6.72. The van der Waals surface area contributed by atoms with Gasteiger partial charge in [0.15, 0.2) is 0 Å². The Morgan fingerprint density at radius 2 is 1.72 bits per heavy atom. The van der Waals surface area contributed by atoms with Gasteiger partial charge in [0.25, 0.3) is 11.1 Å². The van der Waals surface area contributed by atoms with E-state index >= 15 is 0 Å². The molecule has 2 aromatic rings. The molecule has 128 valence electrons. The molecule has 1 N–H and O–H groups in total. The number of amides is 2. The zero-order valence-corrected chi connectivity index (χ0v) is 14.6. The van der Waals surface area contributed by atoms with E-state index in [-0.39, 0.29) is 29.3 Å². The van der Waals surface area contributed by atoms with Crippen molar-refractivity contribution in [3.8, 4) is 5.75 Å². The Hall–Kier alpha value is -2.60. The minimum atomic E-state index is -0.372. The molecule has 1 fully saturated rings. The highest BCUT2D eigenvalue weighted by atomic mass is 32.2. The summed E-state index contributed by atoms with van der Waals surface area (Å²) in [7, 11) is 0. The number of thioether (sulfide) groups is 1. The van der Waals surface area contributed by atoms with Gasteiger partial charge in [0.05, 0.1) is 11.4 Å². The van der Waals surface area contributed by atoms with Crippen LogP contribution in [0.4, 0.5) is 9.18 Å². The van der Waals surface area contributed by atoms with Crippen LogP contribution in [0.25, 0.3) is 6.08 Å². The predicted molar refractivity (Wildman–Crippen MR) is 95.5 cm³/mol. The summed E-state index contributed by atoms with van der Waals surface area (Å²) < 4.78 is 13.0. The Kier molecular flexibility index (Phi) is 4.63. The number of aromatic hydroxyl groups is 1. The number of nitrogens with zero attached hydrogens (tertiary/aromatic N) is 1. The molecule has 1 aliphatic rings. The summed E-state index contributed by atoms with van der Waals surface area (Å²) in [6.07, 6.45) is 1.65. The number of carbonyl (C=O) groups is 2. The third-order valence-electron chi connectivity index (χ3n) is 3.94. The van der Waals surface area contributed by atoms with E-state index in [4.69, 9.17) is 0 Å². The van der Waals surface area contributed by atoms with Crippen molar-refractivity contribution in [3.63, 3.8) is 0 Å². The van der Waals surface area contributed by atoms with Gasteiger partial charge in [-0.1, -0.05) is 12.1 Å². The molecule has 2 amide bonds. The quantitative estimate of drug-likeness (QED) is 0.828. The third-order valence-corrected chi connectivity index (χ3v) is 4.85. The van der Waals surface area contributed by atoms with Crippen LogP contribution in [-0.2, 0) is 11.3 Å². The maximum Gasteiger partial charge on any atom is 0.293 e. The van der Waals surface area contributed by atoms with Gasteiger partial charge < -0.3 is 5.11 Å². The number of rotatable bonds is 3. The van der Waals surface area contributed by atoms with Crippen LogP contribution in [-0.4, -0.2) is 21.2 Å². The van der Waals surface area contributed by atoms with Crippen LogP contribution >= 0.6 is 11.8 Å². The van der Waals surface area contributed by atoms with E-state index in [1.54, 1.807) is 44.2 Å². The van der Waals surface area contributed by atoms with E-state index in [9.17, 15) is 19.1 Å². The lowest BCUT2D eigenvalue weighted by atomic mass is 10.1. The topological polar surface area (TPSA) is 57.6 Å². The summed E-state index contributed by atoms with van der Waals surface area (Å²) in [5.74, 6) is -0.514. The number of aryl methyl sites for hydroxylation is 2. The minimum Gasteiger partial charge on any atom is -0.507 e. The van der Waals surface area contributed by atoms with Crippen molar-refractivity contribution in [2.45, 2.75) is 20.4 Å². The zero-order chi connectivity index (χ0) is 18.1. The van der Waals surface area contributed by atoms with E-state index < -0.39 is 0 Å². The molecule has 0 radical (unpaired) electrons. The fourth-order valence-corrected chi connectivity index (χ4v) is 3.47. The molecule has 0 saturated carbocycles. The number of carbonyl (C=O) groups excluding carboxylic acids is 2. The minimum absolute atomic E-state index is 0.107. The van der Waals surface area contributed by atoms with Crippen LogP contribution in [0.2, 0.25) is 0 Å². The summed E-state index contributed by atoms with van der Waals surface area (Å²) in [6, 6.07) is 9.22. The predicted octanol–water partition coefficient (Wildman–Crippen LogP) is 4.38. The van der Waals surface area contributed by atoms with Crippen molar-refractivity contribution in [2.75, 3.05) is 0 Å². The lowest BCUT2D eigenvalue weighted by Crippen LogP contribution is -2.27. The van der Waals surface area contributed by atoms with Crippen molar-refractivity contribution in [1.82, 2.24) is 4.90 Å². The lowest BCUT2D eigenvalue weighted by molar-refractivity contribution is -0.123. The molecule has 6 heteroatoms. The smallest absolute Gasteiger partial charge is 0.293 e. The first-order valence-corrected chi connectivity index (χ1v) is 8.47. The summed E-state index contributed by atoms with van der Waals surface area (Å²) in [5.41, 5.74) is 2.84. The van der Waals surface area contributed by atoms with E-state index in [1.807, 2.05) is 0 Å². The van der Waals surface area contributed by atoms with Gasteiger partial charge in [-0.15, -0.1) is 0 Å². The van der Waals surface area contributed by atoms with Crippen molar-refractivity contribution >= 4 is 29.0 Å². The molecule has 0 atom stereocenters. The van der Waals surface area contributed by atoms with Gasteiger partial charge in [-0.25, -0.2) is 4.39 Å². The van der Waals surface area contributed by atoms with Crippen LogP contribution in [0.3, 0.4) is 0 Å². The number of hydrogen-bond acceptors (Lipinski definition) is 4. The number of benzene rings is 2. The van der Waals surface area contributed by atoms with E-state index in [2.05, 4.69) is 0 Å². The second-order valence-electron chi connectivity index (χ2n) is 5.90. The van der Waals surface area contributed by atoms with Crippen LogP contribution in [0.5, 0.6) is 5.75 Å². The first kappa shape index (κ1) is 17.2. The van der Waals surface area contributed by atoms with Gasteiger partial charge in [0, 0.05) is 0 Å². The highest BCUT2D eigenvalue weighted by molar-refractivity contribution is 8.18. The monoisotopic (exact) mass is 357 g/mol. The molecule has 0 aliphatic carbocycles. The van der Waals surface area contributed by atoms with Gasteiger partial charge in [-0.3, -0.25) is 14.5 Å². The average molecular weight is 357 g/mol. The molecule has 4 nitrogen and oxygen atoms in total. The molecule has 0 aromatic heterocycles. The highest BCUT2D eigenvalue weighted by Crippen LogP contribution is 2.34. The third kappa shape index (κ3) is 3.58. The first-order valence-electron chi connectivity index (χ1n) is 7.65. The Bertz CT molecular complexity index is 867. The molecule has 1 aliphatic heterocycles. The number of imide groups is 1. The molecule has 0 bridgehead atoms. The normalized spacial score (nSPS) is 16.1. The Morgan fingerprint density at radius 3 is 2.32 bits per heavy atom. The molecular weight excluding hydrogens is 341 g/mol. The molecular formula is C19H16FNO3S. The van der Waals surface area contributed by atoms with Crippen molar-refractivity contribution < 1.29 is 19.1 Å². The molecule has 0 unspecified atom stereocenters. The fourth-order valence-electron chi connectivity index (χ4n) is 2.63. The Labute approximate surface area is 149 Å². The number of phenols is 1. The van der Waals surface area contributed by atoms with Gasteiger partial charge in [0.2, 0.25) is 0 Å². The molecule has 0 spiro atoms. The van der Waals surface area contributed by atoms with Crippen molar-refractivity contribution in [2.24, 2.45) is 0 Å². The Morgan fingerprint density at radius 1 is 1.12 bits per heavy atom. The number of phenolic OH excluding ortho intramolecular Hbond substituents is 1. The zero-order valence-electron chi connectivity index (χ0n) is 13.7. The number of hydrogen-bond donors (Lipinski definition) is 1. The molecule has 2 aromatic carbocycles. The lowest BCUT2D eigenvalue weighted by Gasteiger charge is -2.12. The van der Waals surface area contributed by atoms with Gasteiger partial charge in [-0.2, -0.15) is 0 Å². The van der Waals surface area contributed by atoms with Gasteiger partial charge in [-0.05, 0) is 78.2 Å². The van der Waals surface area contributed by atoms with Crippen molar-refractivity contribution in [1.29, 1.82) is 0 Å². The van der Waals surface area contributed by atoms with Crippen LogP contribution < -0.4 is 0 Å².